The van der Waals surface area contributed by atoms with E-state index >= 15 is 0 Å². The molecule has 3 heteroatoms. The SMILES string of the molecule is ClC=NOCc1ccccc1. The molecule has 0 heterocycles. The zero-order valence-corrected chi connectivity index (χ0v) is 6.66. The zero-order valence-electron chi connectivity index (χ0n) is 5.90. The van der Waals surface area contributed by atoms with Crippen molar-refractivity contribution in [3.8, 4) is 0 Å². The van der Waals surface area contributed by atoms with Gasteiger partial charge >= 0.3 is 0 Å². The average Bonchev–Trinajstić information content (AvgIpc) is 2.07. The Morgan fingerprint density at radius 1 is 1.36 bits per heavy atom. The van der Waals surface area contributed by atoms with E-state index in [9.17, 15) is 0 Å². The highest BCUT2D eigenvalue weighted by Gasteiger charge is 1.87. The van der Waals surface area contributed by atoms with Gasteiger partial charge in [0, 0.05) is 0 Å². The number of hydrogen-bond acceptors (Lipinski definition) is 2. The van der Waals surface area contributed by atoms with Gasteiger partial charge in [-0.25, -0.2) is 0 Å². The van der Waals surface area contributed by atoms with Crippen LogP contribution >= 0.6 is 11.6 Å². The molecule has 0 radical (unpaired) electrons. The van der Waals surface area contributed by atoms with Gasteiger partial charge in [0.15, 0.2) is 0 Å². The Kier molecular flexibility index (Phi) is 3.48. The first-order valence-corrected chi connectivity index (χ1v) is 3.65. The Bertz CT molecular complexity index is 223. The van der Waals surface area contributed by atoms with Crippen molar-refractivity contribution in [2.75, 3.05) is 0 Å². The van der Waals surface area contributed by atoms with Crippen LogP contribution in [0.25, 0.3) is 0 Å². The van der Waals surface area contributed by atoms with Crippen molar-refractivity contribution >= 4 is 17.3 Å². The van der Waals surface area contributed by atoms with Crippen LogP contribution in [-0.4, -0.2) is 5.67 Å². The lowest BCUT2D eigenvalue weighted by atomic mass is 10.2. The van der Waals surface area contributed by atoms with Crippen LogP contribution in [0.5, 0.6) is 0 Å². The van der Waals surface area contributed by atoms with Crippen molar-refractivity contribution in [3.05, 3.63) is 35.9 Å². The summed E-state index contributed by atoms with van der Waals surface area (Å²) in [6, 6.07) is 9.77. The Morgan fingerprint density at radius 2 is 2.09 bits per heavy atom. The molecule has 1 rings (SSSR count). The maximum atomic E-state index is 5.15. The first kappa shape index (κ1) is 8.08. The quantitative estimate of drug-likeness (QED) is 0.503. The van der Waals surface area contributed by atoms with E-state index in [-0.39, 0.29) is 0 Å². The van der Waals surface area contributed by atoms with Crippen molar-refractivity contribution in [1.82, 2.24) is 0 Å². The van der Waals surface area contributed by atoms with Gasteiger partial charge in [0.05, 0.1) is 0 Å². The molecule has 0 fully saturated rings. The minimum absolute atomic E-state index is 0.462. The van der Waals surface area contributed by atoms with Crippen LogP contribution in [0.2, 0.25) is 0 Å². The highest BCUT2D eigenvalue weighted by atomic mass is 35.5. The van der Waals surface area contributed by atoms with Gasteiger partial charge in [0.25, 0.3) is 0 Å². The summed E-state index contributed by atoms with van der Waals surface area (Å²) in [6.07, 6.45) is 0. The van der Waals surface area contributed by atoms with Crippen LogP contribution in [-0.2, 0) is 11.4 Å². The molecule has 0 aliphatic heterocycles. The van der Waals surface area contributed by atoms with Crippen LogP contribution in [0.3, 0.4) is 0 Å². The third kappa shape index (κ3) is 3.05. The predicted octanol–water partition coefficient (Wildman–Crippen LogP) is 2.39. The lowest BCUT2D eigenvalue weighted by Crippen LogP contribution is -1.84. The van der Waals surface area contributed by atoms with E-state index in [4.69, 9.17) is 16.4 Å². The molecule has 0 atom stereocenters. The van der Waals surface area contributed by atoms with Gasteiger partial charge in [0.1, 0.15) is 12.3 Å². The smallest absolute Gasteiger partial charge is 0.142 e. The van der Waals surface area contributed by atoms with E-state index < -0.39 is 0 Å². The molecular weight excluding hydrogens is 162 g/mol. The number of hydrogen-bond donors (Lipinski definition) is 0. The molecule has 0 aliphatic rings. The molecule has 0 bridgehead atoms. The molecule has 0 N–H and O–H groups in total. The highest BCUT2D eigenvalue weighted by Crippen LogP contribution is 1.99. The molecule has 0 aromatic heterocycles. The summed E-state index contributed by atoms with van der Waals surface area (Å²) >= 11 is 5.15. The summed E-state index contributed by atoms with van der Waals surface area (Å²) in [4.78, 5) is 4.81. The van der Waals surface area contributed by atoms with Gasteiger partial charge < -0.3 is 4.84 Å². The van der Waals surface area contributed by atoms with Crippen LogP contribution in [0.1, 0.15) is 5.56 Å². The first-order valence-electron chi connectivity index (χ1n) is 3.21. The van der Waals surface area contributed by atoms with Gasteiger partial charge in [-0.05, 0) is 5.56 Å². The van der Waals surface area contributed by atoms with Gasteiger partial charge in [-0.15, -0.1) is 0 Å². The van der Waals surface area contributed by atoms with Crippen LogP contribution in [0.4, 0.5) is 0 Å². The summed E-state index contributed by atoms with van der Waals surface area (Å²) in [6.45, 7) is 0.462. The summed E-state index contributed by atoms with van der Waals surface area (Å²) < 4.78 is 0. The molecule has 0 amide bonds. The lowest BCUT2D eigenvalue weighted by Gasteiger charge is -1.96. The van der Waals surface area contributed by atoms with E-state index in [1.807, 2.05) is 30.3 Å². The number of oxime groups is 1. The maximum absolute atomic E-state index is 5.15. The maximum Gasteiger partial charge on any atom is 0.142 e. The third-order valence-corrected chi connectivity index (χ3v) is 1.27. The standard InChI is InChI=1S/C8H8ClNO/c9-7-10-11-6-8-4-2-1-3-5-8/h1-5,7H,6H2. The van der Waals surface area contributed by atoms with E-state index in [1.54, 1.807) is 0 Å². The Labute approximate surface area is 70.4 Å². The molecule has 0 spiro atoms. The molecule has 11 heavy (non-hydrogen) atoms. The van der Waals surface area contributed by atoms with E-state index in [0.29, 0.717) is 6.61 Å². The van der Waals surface area contributed by atoms with Crippen molar-refractivity contribution in [1.29, 1.82) is 0 Å². The molecule has 0 saturated heterocycles. The Morgan fingerprint density at radius 3 is 2.73 bits per heavy atom. The molecule has 0 unspecified atom stereocenters. The normalized spacial score (nSPS) is 10.3. The van der Waals surface area contributed by atoms with Gasteiger partial charge in [-0.1, -0.05) is 47.1 Å². The van der Waals surface area contributed by atoms with Crippen LogP contribution in [0.15, 0.2) is 35.5 Å². The molecular formula is C8H8ClNO. The van der Waals surface area contributed by atoms with Crippen molar-refractivity contribution in [3.63, 3.8) is 0 Å². The first-order chi connectivity index (χ1) is 5.43. The minimum atomic E-state index is 0.462. The summed E-state index contributed by atoms with van der Waals surface area (Å²) in [5, 5.41) is 3.41. The Hall–Kier alpha value is -1.02. The zero-order chi connectivity index (χ0) is 7.94. The molecule has 2 nitrogen and oxygen atoms in total. The second-order valence-corrected chi connectivity index (χ2v) is 2.16. The second kappa shape index (κ2) is 4.74. The lowest BCUT2D eigenvalue weighted by molar-refractivity contribution is 0.132. The number of benzene rings is 1. The number of nitrogens with zero attached hydrogens (tertiary/aromatic N) is 1. The molecule has 0 saturated carbocycles. The molecule has 0 aliphatic carbocycles. The molecule has 1 aromatic rings. The molecule has 58 valence electrons. The van der Waals surface area contributed by atoms with E-state index in [2.05, 4.69) is 5.16 Å². The highest BCUT2D eigenvalue weighted by molar-refractivity contribution is 6.56. The van der Waals surface area contributed by atoms with Gasteiger partial charge in [0.2, 0.25) is 0 Å². The fourth-order valence-electron chi connectivity index (χ4n) is 0.714. The van der Waals surface area contributed by atoms with Gasteiger partial charge in [-0.3, -0.25) is 0 Å². The summed E-state index contributed by atoms with van der Waals surface area (Å²) in [5.74, 6) is 0. The van der Waals surface area contributed by atoms with Crippen molar-refractivity contribution < 1.29 is 4.84 Å². The second-order valence-electron chi connectivity index (χ2n) is 1.96. The Balaban J connectivity index is 2.39. The van der Waals surface area contributed by atoms with Crippen molar-refractivity contribution in [2.45, 2.75) is 6.61 Å². The monoisotopic (exact) mass is 169 g/mol. The topological polar surface area (TPSA) is 21.6 Å². The minimum Gasteiger partial charge on any atom is -0.390 e. The van der Waals surface area contributed by atoms with Gasteiger partial charge in [-0.2, -0.15) is 0 Å². The third-order valence-electron chi connectivity index (χ3n) is 1.19. The van der Waals surface area contributed by atoms with Crippen molar-refractivity contribution in [2.24, 2.45) is 5.16 Å². The fraction of sp³-hybridized carbons (Fsp3) is 0.125. The number of halogens is 1. The predicted molar refractivity (Wildman–Crippen MR) is 45.6 cm³/mol. The summed E-state index contributed by atoms with van der Waals surface area (Å²) in [5.41, 5.74) is 2.18. The van der Waals surface area contributed by atoms with E-state index in [1.165, 1.54) is 0 Å². The number of rotatable bonds is 3. The van der Waals surface area contributed by atoms with Crippen LogP contribution < -0.4 is 0 Å². The molecule has 1 aromatic carbocycles. The van der Waals surface area contributed by atoms with E-state index in [0.717, 1.165) is 11.2 Å². The van der Waals surface area contributed by atoms with Crippen LogP contribution in [0, 0.1) is 0 Å². The largest absolute Gasteiger partial charge is 0.390 e. The summed E-state index contributed by atoms with van der Waals surface area (Å²) in [7, 11) is 0. The average molecular weight is 170 g/mol. The fourth-order valence-corrected chi connectivity index (χ4v) is 0.771.